The monoisotopic (exact) mass is 262 g/mol. The van der Waals surface area contributed by atoms with Gasteiger partial charge in [0.1, 0.15) is 11.6 Å². The van der Waals surface area contributed by atoms with Crippen molar-refractivity contribution in [3.8, 4) is 0 Å². The maximum absolute atomic E-state index is 4.58. The summed E-state index contributed by atoms with van der Waals surface area (Å²) in [4.78, 5) is 11.0. The van der Waals surface area contributed by atoms with Gasteiger partial charge < -0.3 is 10.2 Å². The highest BCUT2D eigenvalue weighted by Crippen LogP contribution is 2.15. The highest BCUT2D eigenvalue weighted by molar-refractivity contribution is 7.07. The van der Waals surface area contributed by atoms with E-state index in [4.69, 9.17) is 0 Å². The molecule has 4 nitrogen and oxygen atoms in total. The summed E-state index contributed by atoms with van der Waals surface area (Å²) >= 11 is 1.62. The quantitative estimate of drug-likeness (QED) is 0.869. The topological polar surface area (TPSA) is 41.0 Å². The molecule has 0 bridgehead atoms. The average molecular weight is 262 g/mol. The second-order valence-corrected chi connectivity index (χ2v) is 4.86. The highest BCUT2D eigenvalue weighted by atomic mass is 32.1. The van der Waals surface area contributed by atoms with Gasteiger partial charge in [0.05, 0.1) is 17.7 Å². The van der Waals surface area contributed by atoms with Gasteiger partial charge in [0.25, 0.3) is 0 Å². The minimum atomic E-state index is 0.785. The Morgan fingerprint density at radius 3 is 3.00 bits per heavy atom. The van der Waals surface area contributed by atoms with Crippen LogP contribution in [0.5, 0.6) is 0 Å². The fraction of sp³-hybridized carbons (Fsp3) is 0.385. The standard InChI is InChI=1S/C13H18N4S/c1-3-7-14-12-5-4-6-13(16-12)17(2)8-11-9-18-10-15-11/h4-6,9-10H,3,7-8H2,1-2H3,(H,14,16). The molecule has 0 aliphatic rings. The predicted octanol–water partition coefficient (Wildman–Crippen LogP) is 3.00. The van der Waals surface area contributed by atoms with Crippen LogP contribution in [0.3, 0.4) is 0 Å². The lowest BCUT2D eigenvalue weighted by molar-refractivity contribution is 0.872. The summed E-state index contributed by atoms with van der Waals surface area (Å²) in [5, 5.41) is 5.36. The number of nitrogens with zero attached hydrogens (tertiary/aromatic N) is 3. The Labute approximate surface area is 112 Å². The predicted molar refractivity (Wildman–Crippen MR) is 77.2 cm³/mol. The molecular weight excluding hydrogens is 244 g/mol. The van der Waals surface area contributed by atoms with E-state index < -0.39 is 0 Å². The van der Waals surface area contributed by atoms with Crippen molar-refractivity contribution < 1.29 is 0 Å². The molecule has 2 aromatic heterocycles. The first-order valence-electron chi connectivity index (χ1n) is 6.08. The summed E-state index contributed by atoms with van der Waals surface area (Å²) in [5.41, 5.74) is 2.94. The van der Waals surface area contributed by atoms with Crippen molar-refractivity contribution in [2.75, 3.05) is 23.8 Å². The van der Waals surface area contributed by atoms with Crippen molar-refractivity contribution in [2.24, 2.45) is 0 Å². The van der Waals surface area contributed by atoms with Crippen molar-refractivity contribution in [3.05, 3.63) is 34.8 Å². The smallest absolute Gasteiger partial charge is 0.131 e. The summed E-state index contributed by atoms with van der Waals surface area (Å²) < 4.78 is 0. The molecule has 96 valence electrons. The summed E-state index contributed by atoms with van der Waals surface area (Å²) in [5.74, 6) is 1.89. The molecule has 0 unspecified atom stereocenters. The lowest BCUT2D eigenvalue weighted by atomic mass is 10.3. The Balaban J connectivity index is 2.03. The minimum absolute atomic E-state index is 0.785. The van der Waals surface area contributed by atoms with E-state index in [-0.39, 0.29) is 0 Å². The lowest BCUT2D eigenvalue weighted by Gasteiger charge is -2.17. The molecule has 5 heteroatoms. The van der Waals surface area contributed by atoms with Gasteiger partial charge in [-0.1, -0.05) is 13.0 Å². The number of rotatable bonds is 6. The number of hydrogen-bond donors (Lipinski definition) is 1. The first-order valence-corrected chi connectivity index (χ1v) is 7.03. The fourth-order valence-corrected chi connectivity index (χ4v) is 2.18. The van der Waals surface area contributed by atoms with E-state index in [0.29, 0.717) is 0 Å². The van der Waals surface area contributed by atoms with Crippen LogP contribution >= 0.6 is 11.3 Å². The molecule has 0 saturated heterocycles. The molecule has 0 saturated carbocycles. The number of nitrogens with one attached hydrogen (secondary N) is 1. The molecule has 0 atom stereocenters. The summed E-state index contributed by atoms with van der Waals surface area (Å²) in [6.45, 7) is 3.88. The third kappa shape index (κ3) is 3.43. The van der Waals surface area contributed by atoms with Crippen molar-refractivity contribution in [3.63, 3.8) is 0 Å². The number of thiazole rings is 1. The van der Waals surface area contributed by atoms with Crippen molar-refractivity contribution in [1.82, 2.24) is 9.97 Å². The van der Waals surface area contributed by atoms with Crippen LogP contribution in [-0.4, -0.2) is 23.6 Å². The zero-order valence-electron chi connectivity index (χ0n) is 10.8. The van der Waals surface area contributed by atoms with Gasteiger partial charge in [-0.2, -0.15) is 0 Å². The van der Waals surface area contributed by atoms with Crippen molar-refractivity contribution >= 4 is 23.0 Å². The number of pyridine rings is 1. The van der Waals surface area contributed by atoms with E-state index >= 15 is 0 Å². The highest BCUT2D eigenvalue weighted by Gasteiger charge is 2.05. The van der Waals surface area contributed by atoms with Gasteiger partial charge in [-0.25, -0.2) is 9.97 Å². The van der Waals surface area contributed by atoms with Gasteiger partial charge in [-0.3, -0.25) is 0 Å². The molecule has 0 fully saturated rings. The third-order valence-corrected chi connectivity index (χ3v) is 3.20. The van der Waals surface area contributed by atoms with Crippen LogP contribution in [-0.2, 0) is 6.54 Å². The molecule has 0 aliphatic heterocycles. The zero-order valence-corrected chi connectivity index (χ0v) is 11.6. The van der Waals surface area contributed by atoms with Crippen molar-refractivity contribution in [1.29, 1.82) is 0 Å². The number of aromatic nitrogens is 2. The first-order chi connectivity index (χ1) is 8.79. The van der Waals surface area contributed by atoms with Crippen LogP contribution in [0.2, 0.25) is 0 Å². The normalized spacial score (nSPS) is 10.3. The number of hydrogen-bond acceptors (Lipinski definition) is 5. The average Bonchev–Trinajstić information content (AvgIpc) is 2.89. The van der Waals surface area contributed by atoms with Crippen LogP contribution in [0, 0.1) is 0 Å². The van der Waals surface area contributed by atoms with Crippen LogP contribution in [0.1, 0.15) is 19.0 Å². The SMILES string of the molecule is CCCNc1cccc(N(C)Cc2cscn2)n1. The first kappa shape index (κ1) is 12.8. The third-order valence-electron chi connectivity index (χ3n) is 2.56. The van der Waals surface area contributed by atoms with E-state index in [1.807, 2.05) is 30.8 Å². The molecular formula is C13H18N4S. The van der Waals surface area contributed by atoms with E-state index in [0.717, 1.165) is 36.8 Å². The van der Waals surface area contributed by atoms with Crippen LogP contribution in [0.4, 0.5) is 11.6 Å². The Bertz CT molecular complexity index is 470. The van der Waals surface area contributed by atoms with E-state index in [1.54, 1.807) is 11.3 Å². The molecule has 0 spiro atoms. The van der Waals surface area contributed by atoms with E-state index in [2.05, 4.69) is 32.5 Å². The summed E-state index contributed by atoms with van der Waals surface area (Å²) in [7, 11) is 2.03. The molecule has 2 aromatic rings. The Morgan fingerprint density at radius 1 is 1.39 bits per heavy atom. The van der Waals surface area contributed by atoms with Gasteiger partial charge >= 0.3 is 0 Å². The van der Waals surface area contributed by atoms with Crippen LogP contribution < -0.4 is 10.2 Å². The van der Waals surface area contributed by atoms with Gasteiger partial charge in [0.2, 0.25) is 0 Å². The van der Waals surface area contributed by atoms with E-state index in [1.165, 1.54) is 0 Å². The molecule has 0 aromatic carbocycles. The molecule has 18 heavy (non-hydrogen) atoms. The van der Waals surface area contributed by atoms with Crippen LogP contribution in [0.15, 0.2) is 29.1 Å². The maximum Gasteiger partial charge on any atom is 0.131 e. The van der Waals surface area contributed by atoms with Crippen molar-refractivity contribution in [2.45, 2.75) is 19.9 Å². The largest absolute Gasteiger partial charge is 0.370 e. The second kappa shape index (κ2) is 6.35. The molecule has 0 radical (unpaired) electrons. The molecule has 1 N–H and O–H groups in total. The van der Waals surface area contributed by atoms with Gasteiger partial charge in [-0.15, -0.1) is 11.3 Å². The summed E-state index contributed by atoms with van der Waals surface area (Å²) in [6.07, 6.45) is 1.10. The molecule has 0 aliphatic carbocycles. The lowest BCUT2D eigenvalue weighted by Crippen LogP contribution is -2.18. The minimum Gasteiger partial charge on any atom is -0.370 e. The Kier molecular flexibility index (Phi) is 4.52. The van der Waals surface area contributed by atoms with Crippen LogP contribution in [0.25, 0.3) is 0 Å². The van der Waals surface area contributed by atoms with Gasteiger partial charge in [0.15, 0.2) is 0 Å². The van der Waals surface area contributed by atoms with Gasteiger partial charge in [-0.05, 0) is 18.6 Å². The zero-order chi connectivity index (χ0) is 12.8. The Morgan fingerprint density at radius 2 is 2.28 bits per heavy atom. The summed E-state index contributed by atoms with van der Waals surface area (Å²) in [6, 6.07) is 6.04. The Hall–Kier alpha value is -1.62. The fourth-order valence-electron chi connectivity index (χ4n) is 1.63. The molecule has 2 rings (SSSR count). The number of anilines is 2. The maximum atomic E-state index is 4.58. The molecule has 2 heterocycles. The second-order valence-electron chi connectivity index (χ2n) is 4.14. The van der Waals surface area contributed by atoms with Gasteiger partial charge in [0, 0.05) is 19.0 Å². The van der Waals surface area contributed by atoms with E-state index in [9.17, 15) is 0 Å². The molecule has 0 amide bonds.